The molecule has 0 unspecified atom stereocenters. The normalized spacial score (nSPS) is 10.6. The highest BCUT2D eigenvalue weighted by molar-refractivity contribution is 6.35. The van der Waals surface area contributed by atoms with Crippen LogP contribution in [0.15, 0.2) is 54.7 Å². The summed E-state index contributed by atoms with van der Waals surface area (Å²) in [5.41, 5.74) is 1.21. The van der Waals surface area contributed by atoms with Gasteiger partial charge in [0.15, 0.2) is 11.5 Å². The van der Waals surface area contributed by atoms with Gasteiger partial charge in [0.2, 0.25) is 0 Å². The van der Waals surface area contributed by atoms with Gasteiger partial charge in [-0.15, -0.1) is 0 Å². The van der Waals surface area contributed by atoms with Crippen LogP contribution in [0.3, 0.4) is 0 Å². The molecule has 104 valence electrons. The van der Waals surface area contributed by atoms with Gasteiger partial charge in [-0.2, -0.15) is 0 Å². The SMILES string of the molecule is CC(=O)c1ccccc1Oc1ccc(Cl)c2cccnc12. The lowest BCUT2D eigenvalue weighted by molar-refractivity contribution is 0.101. The molecule has 0 aliphatic heterocycles. The third-order valence-electron chi connectivity index (χ3n) is 3.17. The summed E-state index contributed by atoms with van der Waals surface area (Å²) in [7, 11) is 0. The molecule has 3 nitrogen and oxygen atoms in total. The Labute approximate surface area is 127 Å². The first-order valence-corrected chi connectivity index (χ1v) is 6.85. The molecule has 0 aliphatic rings. The van der Waals surface area contributed by atoms with Gasteiger partial charge in [0.05, 0.1) is 10.6 Å². The molecular weight excluding hydrogens is 286 g/mol. The Hall–Kier alpha value is -2.39. The molecular formula is C17H12ClNO2. The van der Waals surface area contributed by atoms with Crippen molar-refractivity contribution in [1.82, 2.24) is 4.98 Å². The van der Waals surface area contributed by atoms with Crippen LogP contribution in [-0.2, 0) is 0 Å². The summed E-state index contributed by atoms with van der Waals surface area (Å²) in [5, 5.41) is 1.43. The molecule has 1 heterocycles. The number of aromatic nitrogens is 1. The predicted octanol–water partition coefficient (Wildman–Crippen LogP) is 4.88. The van der Waals surface area contributed by atoms with Crippen LogP contribution in [0.25, 0.3) is 10.9 Å². The molecule has 4 heteroatoms. The van der Waals surface area contributed by atoms with E-state index in [1.807, 2.05) is 24.3 Å². The van der Waals surface area contributed by atoms with Gasteiger partial charge in [0, 0.05) is 11.6 Å². The Morgan fingerprint density at radius 2 is 1.86 bits per heavy atom. The Morgan fingerprint density at radius 1 is 1.05 bits per heavy atom. The number of pyridine rings is 1. The van der Waals surface area contributed by atoms with Crippen molar-refractivity contribution in [2.75, 3.05) is 0 Å². The molecule has 0 saturated heterocycles. The number of ketones is 1. The van der Waals surface area contributed by atoms with Crippen LogP contribution in [0.4, 0.5) is 0 Å². The second-order valence-electron chi connectivity index (χ2n) is 4.60. The number of para-hydroxylation sites is 1. The molecule has 0 fully saturated rings. The number of halogens is 1. The lowest BCUT2D eigenvalue weighted by atomic mass is 10.1. The fraction of sp³-hybridized carbons (Fsp3) is 0.0588. The van der Waals surface area contributed by atoms with E-state index in [0.717, 1.165) is 5.39 Å². The van der Waals surface area contributed by atoms with E-state index in [-0.39, 0.29) is 5.78 Å². The van der Waals surface area contributed by atoms with E-state index in [4.69, 9.17) is 16.3 Å². The van der Waals surface area contributed by atoms with E-state index in [0.29, 0.717) is 27.6 Å². The summed E-state index contributed by atoms with van der Waals surface area (Å²) in [6, 6.07) is 14.4. The highest BCUT2D eigenvalue weighted by atomic mass is 35.5. The first-order valence-electron chi connectivity index (χ1n) is 6.48. The quantitative estimate of drug-likeness (QED) is 0.647. The van der Waals surface area contributed by atoms with Crippen LogP contribution < -0.4 is 4.74 Å². The number of fused-ring (bicyclic) bond motifs is 1. The zero-order chi connectivity index (χ0) is 14.8. The maximum absolute atomic E-state index is 11.7. The van der Waals surface area contributed by atoms with Crippen molar-refractivity contribution >= 4 is 28.3 Å². The largest absolute Gasteiger partial charge is 0.454 e. The molecule has 0 amide bonds. The van der Waals surface area contributed by atoms with Crippen LogP contribution in [0.1, 0.15) is 17.3 Å². The molecule has 1 aromatic heterocycles. The van der Waals surface area contributed by atoms with Gasteiger partial charge in [-0.25, -0.2) is 0 Å². The zero-order valence-electron chi connectivity index (χ0n) is 11.3. The summed E-state index contributed by atoms with van der Waals surface area (Å²) in [4.78, 5) is 16.0. The van der Waals surface area contributed by atoms with E-state index < -0.39 is 0 Å². The van der Waals surface area contributed by atoms with Crippen LogP contribution in [0.2, 0.25) is 5.02 Å². The number of nitrogens with zero attached hydrogens (tertiary/aromatic N) is 1. The van der Waals surface area contributed by atoms with Crippen molar-refractivity contribution in [2.45, 2.75) is 6.92 Å². The number of carbonyl (C=O) groups is 1. The van der Waals surface area contributed by atoms with Crippen molar-refractivity contribution in [2.24, 2.45) is 0 Å². The second kappa shape index (κ2) is 5.54. The Balaban J connectivity index is 2.11. The van der Waals surface area contributed by atoms with Gasteiger partial charge in [0.25, 0.3) is 0 Å². The first kappa shape index (κ1) is 13.6. The van der Waals surface area contributed by atoms with Crippen molar-refractivity contribution < 1.29 is 9.53 Å². The van der Waals surface area contributed by atoms with Gasteiger partial charge in [-0.3, -0.25) is 9.78 Å². The number of Topliss-reactive ketones (excluding diaryl/α,β-unsaturated/α-hetero) is 1. The molecule has 0 radical (unpaired) electrons. The average molecular weight is 298 g/mol. The fourth-order valence-corrected chi connectivity index (χ4v) is 2.37. The van der Waals surface area contributed by atoms with E-state index in [2.05, 4.69) is 4.98 Å². The third kappa shape index (κ3) is 2.60. The molecule has 21 heavy (non-hydrogen) atoms. The number of hydrogen-bond donors (Lipinski definition) is 0. The Bertz CT molecular complexity index is 830. The van der Waals surface area contributed by atoms with Gasteiger partial charge in [-0.05, 0) is 43.3 Å². The topological polar surface area (TPSA) is 39.2 Å². The molecule has 3 rings (SSSR count). The smallest absolute Gasteiger partial charge is 0.163 e. The highest BCUT2D eigenvalue weighted by Gasteiger charge is 2.12. The minimum Gasteiger partial charge on any atom is -0.454 e. The highest BCUT2D eigenvalue weighted by Crippen LogP contribution is 2.33. The van der Waals surface area contributed by atoms with Crippen molar-refractivity contribution in [3.05, 3.63) is 65.3 Å². The van der Waals surface area contributed by atoms with Gasteiger partial charge in [-0.1, -0.05) is 23.7 Å². The lowest BCUT2D eigenvalue weighted by Crippen LogP contribution is -1.97. The third-order valence-corrected chi connectivity index (χ3v) is 3.50. The fourth-order valence-electron chi connectivity index (χ4n) is 2.16. The van der Waals surface area contributed by atoms with E-state index in [1.54, 1.807) is 30.5 Å². The molecule has 0 aliphatic carbocycles. The summed E-state index contributed by atoms with van der Waals surface area (Å²) < 4.78 is 5.90. The Kier molecular flexibility index (Phi) is 3.59. The predicted molar refractivity (Wildman–Crippen MR) is 83.3 cm³/mol. The summed E-state index contributed by atoms with van der Waals surface area (Å²) in [6.07, 6.45) is 1.68. The minimum atomic E-state index is -0.0446. The van der Waals surface area contributed by atoms with Crippen molar-refractivity contribution in [3.8, 4) is 11.5 Å². The number of hydrogen-bond acceptors (Lipinski definition) is 3. The molecule has 2 aromatic carbocycles. The van der Waals surface area contributed by atoms with E-state index in [9.17, 15) is 4.79 Å². The number of carbonyl (C=O) groups excluding carboxylic acids is 1. The molecule has 0 atom stereocenters. The molecule has 0 spiro atoms. The van der Waals surface area contributed by atoms with Crippen molar-refractivity contribution in [3.63, 3.8) is 0 Å². The maximum Gasteiger partial charge on any atom is 0.163 e. The molecule has 0 N–H and O–H groups in total. The molecule has 3 aromatic rings. The average Bonchev–Trinajstić information content (AvgIpc) is 2.51. The van der Waals surface area contributed by atoms with Crippen molar-refractivity contribution in [1.29, 1.82) is 0 Å². The van der Waals surface area contributed by atoms with E-state index >= 15 is 0 Å². The van der Waals surface area contributed by atoms with Gasteiger partial charge < -0.3 is 4.74 Å². The number of ether oxygens (including phenoxy) is 1. The van der Waals surface area contributed by atoms with Crippen LogP contribution in [0, 0.1) is 0 Å². The molecule has 0 bridgehead atoms. The lowest BCUT2D eigenvalue weighted by Gasteiger charge is -2.11. The maximum atomic E-state index is 11.7. The Morgan fingerprint density at radius 3 is 2.67 bits per heavy atom. The standard InChI is InChI=1S/C17H12ClNO2/c1-11(20)12-5-2-3-7-15(12)21-16-9-8-14(18)13-6-4-10-19-17(13)16/h2-10H,1H3. The van der Waals surface area contributed by atoms with Gasteiger partial charge >= 0.3 is 0 Å². The summed E-state index contributed by atoms with van der Waals surface area (Å²) >= 11 is 6.16. The summed E-state index contributed by atoms with van der Waals surface area (Å²) in [6.45, 7) is 1.51. The van der Waals surface area contributed by atoms with Crippen LogP contribution in [-0.4, -0.2) is 10.8 Å². The van der Waals surface area contributed by atoms with E-state index in [1.165, 1.54) is 6.92 Å². The van der Waals surface area contributed by atoms with Crippen LogP contribution in [0.5, 0.6) is 11.5 Å². The summed E-state index contributed by atoms with van der Waals surface area (Å²) in [5.74, 6) is 1.04. The second-order valence-corrected chi connectivity index (χ2v) is 5.01. The minimum absolute atomic E-state index is 0.0446. The molecule has 0 saturated carbocycles. The monoisotopic (exact) mass is 297 g/mol. The van der Waals surface area contributed by atoms with Crippen LogP contribution >= 0.6 is 11.6 Å². The van der Waals surface area contributed by atoms with Gasteiger partial charge in [0.1, 0.15) is 11.3 Å². The number of rotatable bonds is 3. The first-order chi connectivity index (χ1) is 10.2. The number of benzene rings is 2. The zero-order valence-corrected chi connectivity index (χ0v) is 12.1.